The highest BCUT2D eigenvalue weighted by atomic mass is 32.1. The Hall–Kier alpha value is -2.72. The zero-order chi connectivity index (χ0) is 24.3. The molecule has 3 rings (SSSR count). The fourth-order valence-electron chi connectivity index (χ4n) is 3.32. The van der Waals surface area contributed by atoms with E-state index in [0.29, 0.717) is 24.7 Å². The Morgan fingerprint density at radius 2 is 1.76 bits per heavy atom. The van der Waals surface area contributed by atoms with Crippen molar-refractivity contribution in [3.05, 3.63) is 46.5 Å². The standard InChI is InChI=1S/C25H31FN2O5S/c1-18-13-20-24(15-21(18)28(2)10-12-31-11-9-26)34-25(27-20)8-6-19-5-7-22(32-16-29-3)23(14-19)33-17-30-4/h5-8,13-15H,9-12,16-17H2,1-4H3/b8-6+. The average Bonchev–Trinajstić information content (AvgIpc) is 3.24. The minimum Gasteiger partial charge on any atom is -0.464 e. The second-order valence-corrected chi connectivity index (χ2v) is 8.58. The molecule has 3 aromatic rings. The third kappa shape index (κ3) is 7.14. The zero-order valence-corrected chi connectivity index (χ0v) is 20.8. The molecule has 0 spiro atoms. The predicted octanol–water partition coefficient (Wildman–Crippen LogP) is 5.16. The Balaban J connectivity index is 1.76. The minimum absolute atomic E-state index is 0.118. The number of fused-ring (bicyclic) bond motifs is 1. The van der Waals surface area contributed by atoms with E-state index in [-0.39, 0.29) is 20.2 Å². The van der Waals surface area contributed by atoms with Crippen molar-refractivity contribution in [2.75, 3.05) is 66.2 Å². The van der Waals surface area contributed by atoms with Gasteiger partial charge in [0, 0.05) is 33.5 Å². The van der Waals surface area contributed by atoms with Gasteiger partial charge in [-0.2, -0.15) is 0 Å². The largest absolute Gasteiger partial charge is 0.464 e. The van der Waals surface area contributed by atoms with Crippen molar-refractivity contribution in [3.8, 4) is 11.5 Å². The van der Waals surface area contributed by atoms with Crippen molar-refractivity contribution in [2.24, 2.45) is 0 Å². The number of likely N-dealkylation sites (N-methyl/N-ethyl adjacent to an activating group) is 1. The molecule has 184 valence electrons. The summed E-state index contributed by atoms with van der Waals surface area (Å²) in [6.07, 6.45) is 3.97. The second kappa shape index (κ2) is 13.2. The summed E-state index contributed by atoms with van der Waals surface area (Å²) < 4.78 is 39.8. The Kier molecular flexibility index (Phi) is 10.1. The molecular weight excluding hydrogens is 459 g/mol. The van der Waals surface area contributed by atoms with Gasteiger partial charge in [0.2, 0.25) is 0 Å². The molecule has 0 aliphatic carbocycles. The number of aryl methyl sites for hydroxylation is 1. The van der Waals surface area contributed by atoms with E-state index in [9.17, 15) is 4.39 Å². The third-order valence-corrected chi connectivity index (χ3v) is 5.96. The van der Waals surface area contributed by atoms with Gasteiger partial charge in [0.05, 0.1) is 23.4 Å². The topological polar surface area (TPSA) is 62.3 Å². The number of ether oxygens (including phenoxy) is 5. The lowest BCUT2D eigenvalue weighted by atomic mass is 10.1. The first kappa shape index (κ1) is 25.9. The molecular formula is C25H31FN2O5S. The van der Waals surface area contributed by atoms with Crippen molar-refractivity contribution in [1.82, 2.24) is 4.98 Å². The first-order chi connectivity index (χ1) is 16.5. The normalized spacial score (nSPS) is 11.4. The number of nitrogens with zero attached hydrogens (tertiary/aromatic N) is 2. The SMILES string of the molecule is COCOc1ccc(/C=C/c2nc3cc(C)c(N(C)CCOCCF)cc3s2)cc1OCOC. The maximum atomic E-state index is 12.2. The molecule has 34 heavy (non-hydrogen) atoms. The van der Waals surface area contributed by atoms with E-state index in [1.165, 1.54) is 0 Å². The van der Waals surface area contributed by atoms with Crippen LogP contribution in [0.4, 0.5) is 10.1 Å². The highest BCUT2D eigenvalue weighted by Crippen LogP contribution is 2.32. The molecule has 0 saturated carbocycles. The number of rotatable bonds is 14. The van der Waals surface area contributed by atoms with E-state index in [1.54, 1.807) is 25.6 Å². The van der Waals surface area contributed by atoms with Gasteiger partial charge in [0.15, 0.2) is 25.1 Å². The third-order valence-electron chi connectivity index (χ3n) is 4.98. The van der Waals surface area contributed by atoms with Gasteiger partial charge in [-0.1, -0.05) is 12.1 Å². The van der Waals surface area contributed by atoms with Crippen LogP contribution in [0.15, 0.2) is 30.3 Å². The molecule has 0 amide bonds. The summed E-state index contributed by atoms with van der Waals surface area (Å²) in [6.45, 7) is 3.17. The van der Waals surface area contributed by atoms with Crippen molar-refractivity contribution >= 4 is 39.4 Å². The predicted molar refractivity (Wildman–Crippen MR) is 135 cm³/mol. The minimum atomic E-state index is -0.459. The van der Waals surface area contributed by atoms with Crippen LogP contribution in [0.25, 0.3) is 22.4 Å². The molecule has 1 heterocycles. The number of thiazole rings is 1. The van der Waals surface area contributed by atoms with Crippen LogP contribution in [0.1, 0.15) is 16.1 Å². The van der Waals surface area contributed by atoms with Gasteiger partial charge < -0.3 is 28.6 Å². The molecule has 0 N–H and O–H groups in total. The molecule has 0 radical (unpaired) electrons. The number of methoxy groups -OCH3 is 2. The quantitative estimate of drug-likeness (QED) is 0.228. The molecule has 0 atom stereocenters. The Morgan fingerprint density at radius 3 is 2.50 bits per heavy atom. The van der Waals surface area contributed by atoms with Crippen LogP contribution < -0.4 is 14.4 Å². The van der Waals surface area contributed by atoms with E-state index >= 15 is 0 Å². The summed E-state index contributed by atoms with van der Waals surface area (Å²) in [5.41, 5.74) is 4.15. The molecule has 0 saturated heterocycles. The van der Waals surface area contributed by atoms with Crippen molar-refractivity contribution < 1.29 is 28.1 Å². The molecule has 0 fully saturated rings. The summed E-state index contributed by atoms with van der Waals surface area (Å²) in [6, 6.07) is 9.90. The van der Waals surface area contributed by atoms with Crippen molar-refractivity contribution in [2.45, 2.75) is 6.92 Å². The van der Waals surface area contributed by atoms with Crippen LogP contribution in [0.3, 0.4) is 0 Å². The lowest BCUT2D eigenvalue weighted by Gasteiger charge is -2.21. The number of anilines is 1. The van der Waals surface area contributed by atoms with Crippen molar-refractivity contribution in [1.29, 1.82) is 0 Å². The summed E-state index contributed by atoms with van der Waals surface area (Å²) in [5.74, 6) is 1.16. The number of benzene rings is 2. The molecule has 0 aliphatic heterocycles. The maximum Gasteiger partial charge on any atom is 0.188 e. The highest BCUT2D eigenvalue weighted by Gasteiger charge is 2.10. The van der Waals surface area contributed by atoms with Gasteiger partial charge in [-0.15, -0.1) is 11.3 Å². The van der Waals surface area contributed by atoms with Crippen LogP contribution in [0, 0.1) is 6.92 Å². The van der Waals surface area contributed by atoms with Gasteiger partial charge in [-0.3, -0.25) is 0 Å². The van der Waals surface area contributed by atoms with Gasteiger partial charge in [0.25, 0.3) is 0 Å². The molecule has 0 unspecified atom stereocenters. The van der Waals surface area contributed by atoms with Gasteiger partial charge in [-0.05, 0) is 48.4 Å². The number of hydrogen-bond donors (Lipinski definition) is 0. The van der Waals surface area contributed by atoms with E-state index < -0.39 is 6.67 Å². The number of hydrogen-bond acceptors (Lipinski definition) is 8. The Bertz CT molecular complexity index is 1090. The number of halogens is 1. The fraction of sp³-hybridized carbons (Fsp3) is 0.400. The monoisotopic (exact) mass is 490 g/mol. The first-order valence-corrected chi connectivity index (χ1v) is 11.7. The molecule has 2 aromatic carbocycles. The molecule has 1 aromatic heterocycles. The van der Waals surface area contributed by atoms with Crippen LogP contribution in [0.5, 0.6) is 11.5 Å². The van der Waals surface area contributed by atoms with Crippen LogP contribution in [-0.4, -0.2) is 66.3 Å². The fourth-order valence-corrected chi connectivity index (χ4v) is 4.20. The lowest BCUT2D eigenvalue weighted by Crippen LogP contribution is -2.23. The Morgan fingerprint density at radius 1 is 1.00 bits per heavy atom. The van der Waals surface area contributed by atoms with Crippen LogP contribution in [0.2, 0.25) is 0 Å². The molecule has 7 nitrogen and oxygen atoms in total. The van der Waals surface area contributed by atoms with Crippen molar-refractivity contribution in [3.63, 3.8) is 0 Å². The lowest BCUT2D eigenvalue weighted by molar-refractivity contribution is 0.0322. The summed E-state index contributed by atoms with van der Waals surface area (Å²) in [7, 11) is 5.15. The summed E-state index contributed by atoms with van der Waals surface area (Å²) in [5, 5.41) is 0.902. The first-order valence-electron chi connectivity index (χ1n) is 10.9. The summed E-state index contributed by atoms with van der Waals surface area (Å²) >= 11 is 1.62. The average molecular weight is 491 g/mol. The van der Waals surface area contributed by atoms with Crippen LogP contribution in [-0.2, 0) is 14.2 Å². The van der Waals surface area contributed by atoms with E-state index in [2.05, 4.69) is 24.0 Å². The number of aromatic nitrogens is 1. The van der Waals surface area contributed by atoms with E-state index in [0.717, 1.165) is 32.0 Å². The summed E-state index contributed by atoms with van der Waals surface area (Å²) in [4.78, 5) is 6.88. The van der Waals surface area contributed by atoms with Gasteiger partial charge in [0.1, 0.15) is 11.7 Å². The zero-order valence-electron chi connectivity index (χ0n) is 20.0. The van der Waals surface area contributed by atoms with E-state index in [1.807, 2.05) is 37.4 Å². The second-order valence-electron chi connectivity index (χ2n) is 7.52. The van der Waals surface area contributed by atoms with Gasteiger partial charge in [-0.25, -0.2) is 9.37 Å². The highest BCUT2D eigenvalue weighted by molar-refractivity contribution is 7.19. The Labute approximate surface area is 203 Å². The number of alkyl halides is 1. The molecule has 0 aliphatic rings. The molecule has 0 bridgehead atoms. The van der Waals surface area contributed by atoms with Crippen LogP contribution >= 0.6 is 11.3 Å². The van der Waals surface area contributed by atoms with E-state index in [4.69, 9.17) is 28.7 Å². The van der Waals surface area contributed by atoms with Gasteiger partial charge >= 0.3 is 0 Å². The maximum absolute atomic E-state index is 12.2. The molecule has 9 heteroatoms. The smallest absolute Gasteiger partial charge is 0.188 e.